The van der Waals surface area contributed by atoms with Gasteiger partial charge in [0.2, 0.25) is 0 Å². The van der Waals surface area contributed by atoms with Gasteiger partial charge in [-0.15, -0.1) is 11.8 Å². The second-order valence-corrected chi connectivity index (χ2v) is 5.71. The number of benzene rings is 1. The maximum Gasteiger partial charge on any atom is 0.0584 e. The van der Waals surface area contributed by atoms with Crippen molar-refractivity contribution in [1.29, 1.82) is 0 Å². The predicted octanol–water partition coefficient (Wildman–Crippen LogP) is 3.61. The Hall–Kier alpha value is -0.970. The van der Waals surface area contributed by atoms with Gasteiger partial charge in [0.05, 0.1) is 11.7 Å². The van der Waals surface area contributed by atoms with Gasteiger partial charge < -0.3 is 5.32 Å². The van der Waals surface area contributed by atoms with E-state index in [4.69, 9.17) is 11.6 Å². The summed E-state index contributed by atoms with van der Waals surface area (Å²) in [7, 11) is 1.98. The zero-order chi connectivity index (χ0) is 13.7. The van der Waals surface area contributed by atoms with Crippen molar-refractivity contribution < 1.29 is 0 Å². The van der Waals surface area contributed by atoms with Crippen LogP contribution in [0.2, 0.25) is 5.02 Å². The fourth-order valence-corrected chi connectivity index (χ4v) is 3.29. The molecule has 0 fully saturated rings. The average molecular weight is 296 g/mol. The molecule has 102 valence electrons. The van der Waals surface area contributed by atoms with Crippen LogP contribution in [0.1, 0.15) is 18.7 Å². The monoisotopic (exact) mass is 295 g/mol. The van der Waals surface area contributed by atoms with Crippen molar-refractivity contribution in [3.05, 3.63) is 47.2 Å². The molecule has 1 heterocycles. The van der Waals surface area contributed by atoms with E-state index >= 15 is 0 Å². The van der Waals surface area contributed by atoms with Crippen molar-refractivity contribution in [2.24, 2.45) is 0 Å². The molecule has 1 atom stereocenters. The molecule has 0 aliphatic rings. The number of thioether (sulfide) groups is 1. The molecule has 0 aliphatic heterocycles. The Kier molecular flexibility index (Phi) is 5.31. The SMILES string of the molecule is CCn1nccc1C(CSc1cccc(Cl)c1)NC. The number of hydrogen-bond acceptors (Lipinski definition) is 3. The van der Waals surface area contributed by atoms with Crippen LogP contribution in [0.4, 0.5) is 0 Å². The summed E-state index contributed by atoms with van der Waals surface area (Å²) in [6.07, 6.45) is 1.85. The molecule has 0 amide bonds. The zero-order valence-corrected chi connectivity index (χ0v) is 12.7. The van der Waals surface area contributed by atoms with E-state index in [1.807, 2.05) is 36.1 Å². The summed E-state index contributed by atoms with van der Waals surface area (Å²) in [5.41, 5.74) is 1.22. The molecular weight excluding hydrogens is 278 g/mol. The largest absolute Gasteiger partial charge is 0.311 e. The highest BCUT2D eigenvalue weighted by molar-refractivity contribution is 7.99. The Balaban J connectivity index is 2.04. The van der Waals surface area contributed by atoms with Crippen LogP contribution in [0.3, 0.4) is 0 Å². The van der Waals surface area contributed by atoms with E-state index in [1.165, 1.54) is 10.6 Å². The van der Waals surface area contributed by atoms with Gasteiger partial charge in [-0.2, -0.15) is 5.10 Å². The summed E-state index contributed by atoms with van der Waals surface area (Å²) in [4.78, 5) is 1.19. The molecule has 2 rings (SSSR count). The van der Waals surface area contributed by atoms with Gasteiger partial charge in [0.1, 0.15) is 0 Å². The normalized spacial score (nSPS) is 12.6. The fourth-order valence-electron chi connectivity index (χ4n) is 1.96. The van der Waals surface area contributed by atoms with Crippen LogP contribution in [0.15, 0.2) is 41.4 Å². The fraction of sp³-hybridized carbons (Fsp3) is 0.357. The van der Waals surface area contributed by atoms with Gasteiger partial charge >= 0.3 is 0 Å². The van der Waals surface area contributed by atoms with E-state index in [-0.39, 0.29) is 6.04 Å². The van der Waals surface area contributed by atoms with Gasteiger partial charge in [0.15, 0.2) is 0 Å². The van der Waals surface area contributed by atoms with E-state index < -0.39 is 0 Å². The summed E-state index contributed by atoms with van der Waals surface area (Å²) < 4.78 is 2.03. The third kappa shape index (κ3) is 3.75. The number of aromatic nitrogens is 2. The summed E-state index contributed by atoms with van der Waals surface area (Å²) in [5, 5.41) is 8.45. The molecule has 5 heteroatoms. The topological polar surface area (TPSA) is 29.9 Å². The molecule has 0 aliphatic carbocycles. The van der Waals surface area contributed by atoms with Gasteiger partial charge in [-0.3, -0.25) is 4.68 Å². The maximum absolute atomic E-state index is 6.00. The van der Waals surface area contributed by atoms with Crippen molar-refractivity contribution in [2.45, 2.75) is 24.4 Å². The highest BCUT2D eigenvalue weighted by Crippen LogP contribution is 2.26. The van der Waals surface area contributed by atoms with Crippen molar-refractivity contribution in [1.82, 2.24) is 15.1 Å². The third-order valence-corrected chi connectivity index (χ3v) is 4.29. The van der Waals surface area contributed by atoms with Crippen molar-refractivity contribution >= 4 is 23.4 Å². The molecule has 0 spiro atoms. The first-order chi connectivity index (χ1) is 9.24. The molecule has 3 nitrogen and oxygen atoms in total. The van der Waals surface area contributed by atoms with E-state index in [1.54, 1.807) is 11.8 Å². The third-order valence-electron chi connectivity index (χ3n) is 2.97. The number of aryl methyl sites for hydroxylation is 1. The standard InChI is InChI=1S/C14H18ClN3S/c1-3-18-14(7-8-17-18)13(16-2)10-19-12-6-4-5-11(15)9-12/h4-9,13,16H,3,10H2,1-2H3. The maximum atomic E-state index is 6.00. The number of hydrogen-bond donors (Lipinski definition) is 1. The minimum Gasteiger partial charge on any atom is -0.311 e. The lowest BCUT2D eigenvalue weighted by atomic mass is 10.2. The lowest BCUT2D eigenvalue weighted by Gasteiger charge is -2.17. The molecular formula is C14H18ClN3S. The lowest BCUT2D eigenvalue weighted by molar-refractivity contribution is 0.549. The van der Waals surface area contributed by atoms with E-state index in [0.717, 1.165) is 17.3 Å². The first-order valence-electron chi connectivity index (χ1n) is 6.32. The van der Waals surface area contributed by atoms with Crippen LogP contribution in [0.5, 0.6) is 0 Å². The van der Waals surface area contributed by atoms with E-state index in [2.05, 4.69) is 29.5 Å². The van der Waals surface area contributed by atoms with E-state index in [0.29, 0.717) is 0 Å². The Labute approximate surface area is 123 Å². The van der Waals surface area contributed by atoms with Gasteiger partial charge in [-0.05, 0) is 38.2 Å². The Morgan fingerprint density at radius 1 is 1.42 bits per heavy atom. The molecule has 0 saturated heterocycles. The first-order valence-corrected chi connectivity index (χ1v) is 7.68. The van der Waals surface area contributed by atoms with E-state index in [9.17, 15) is 0 Å². The number of halogens is 1. The van der Waals surface area contributed by atoms with Gasteiger partial charge in [0, 0.05) is 28.4 Å². The minimum atomic E-state index is 0.284. The van der Waals surface area contributed by atoms with Crippen LogP contribution < -0.4 is 5.32 Å². The van der Waals surface area contributed by atoms with Crippen LogP contribution >= 0.6 is 23.4 Å². The number of nitrogens with one attached hydrogen (secondary N) is 1. The summed E-state index contributed by atoms with van der Waals surface area (Å²) in [6, 6.07) is 10.3. The van der Waals surface area contributed by atoms with Crippen molar-refractivity contribution in [3.63, 3.8) is 0 Å². The van der Waals surface area contributed by atoms with Crippen LogP contribution in [0.25, 0.3) is 0 Å². The zero-order valence-electron chi connectivity index (χ0n) is 11.1. The molecule has 0 saturated carbocycles. The summed E-state index contributed by atoms with van der Waals surface area (Å²) >= 11 is 7.79. The number of nitrogens with zero attached hydrogens (tertiary/aromatic N) is 2. The highest BCUT2D eigenvalue weighted by Gasteiger charge is 2.14. The van der Waals surface area contributed by atoms with Crippen LogP contribution in [-0.2, 0) is 6.54 Å². The molecule has 0 bridgehead atoms. The summed E-state index contributed by atoms with van der Waals surface area (Å²) in [6.45, 7) is 3.00. The molecule has 0 radical (unpaired) electrons. The quantitative estimate of drug-likeness (QED) is 0.826. The molecule has 1 N–H and O–H groups in total. The van der Waals surface area contributed by atoms with Gasteiger partial charge in [-0.1, -0.05) is 17.7 Å². The second-order valence-electron chi connectivity index (χ2n) is 4.18. The van der Waals surface area contributed by atoms with Crippen molar-refractivity contribution in [3.8, 4) is 0 Å². The van der Waals surface area contributed by atoms with Crippen LogP contribution in [0, 0.1) is 0 Å². The minimum absolute atomic E-state index is 0.284. The number of rotatable bonds is 6. The van der Waals surface area contributed by atoms with Gasteiger partial charge in [0.25, 0.3) is 0 Å². The Morgan fingerprint density at radius 3 is 2.95 bits per heavy atom. The molecule has 1 aromatic heterocycles. The molecule has 1 aromatic carbocycles. The highest BCUT2D eigenvalue weighted by atomic mass is 35.5. The molecule has 19 heavy (non-hydrogen) atoms. The molecule has 2 aromatic rings. The average Bonchev–Trinajstić information content (AvgIpc) is 2.88. The first kappa shape index (κ1) is 14.4. The second kappa shape index (κ2) is 6.98. The van der Waals surface area contributed by atoms with Gasteiger partial charge in [-0.25, -0.2) is 0 Å². The Bertz CT molecular complexity index is 527. The predicted molar refractivity (Wildman–Crippen MR) is 81.9 cm³/mol. The lowest BCUT2D eigenvalue weighted by Crippen LogP contribution is -2.22. The molecule has 1 unspecified atom stereocenters. The Morgan fingerprint density at radius 2 is 2.26 bits per heavy atom. The van der Waals surface area contributed by atoms with Crippen LogP contribution in [-0.4, -0.2) is 22.6 Å². The van der Waals surface area contributed by atoms with Crippen molar-refractivity contribution in [2.75, 3.05) is 12.8 Å². The summed E-state index contributed by atoms with van der Waals surface area (Å²) in [5.74, 6) is 0.947. The smallest absolute Gasteiger partial charge is 0.0584 e.